The third kappa shape index (κ3) is 4.66. The molecule has 1 aromatic carbocycles. The molecule has 0 fully saturated rings. The van der Waals surface area contributed by atoms with Crippen LogP contribution in [-0.4, -0.2) is 33.1 Å². The van der Waals surface area contributed by atoms with Gasteiger partial charge in [-0.05, 0) is 38.3 Å². The quantitative estimate of drug-likeness (QED) is 0.760. The molecule has 3 N–H and O–H groups in total. The summed E-state index contributed by atoms with van der Waals surface area (Å²) < 4.78 is 32.6. The predicted octanol–water partition coefficient (Wildman–Crippen LogP) is 1.57. The highest BCUT2D eigenvalue weighted by Crippen LogP contribution is 2.22. The Balaban J connectivity index is 3.01. The number of hydrogen-bond donors (Lipinski definition) is 2. The maximum atomic E-state index is 12.3. The average molecular weight is 318 g/mol. The monoisotopic (exact) mass is 318 g/mol. The molecule has 0 saturated carbocycles. The predicted molar refractivity (Wildman–Crippen MR) is 83.7 cm³/mol. The van der Waals surface area contributed by atoms with Gasteiger partial charge in [0.15, 0.2) is 0 Å². The van der Waals surface area contributed by atoms with Gasteiger partial charge in [0.2, 0.25) is 10.0 Å². The lowest BCUT2D eigenvalue weighted by atomic mass is 10.2. The number of sulfonamides is 1. The Kier molecular flexibility index (Phi) is 6.81. The normalized spacial score (nSPS) is 13.2. The highest BCUT2D eigenvalue weighted by Gasteiger charge is 2.18. The van der Waals surface area contributed by atoms with Gasteiger partial charge in [0.25, 0.3) is 0 Å². The van der Waals surface area contributed by atoms with Crippen LogP contribution < -0.4 is 15.2 Å². The van der Waals surface area contributed by atoms with Gasteiger partial charge in [0.1, 0.15) is 5.75 Å². The maximum absolute atomic E-state index is 12.3. The summed E-state index contributed by atoms with van der Waals surface area (Å²) in [6, 6.07) is 4.64. The summed E-state index contributed by atoms with van der Waals surface area (Å²) in [4.78, 5) is 0.217. The maximum Gasteiger partial charge on any atom is 0.240 e. The van der Waals surface area contributed by atoms with Gasteiger partial charge >= 0.3 is 0 Å². The van der Waals surface area contributed by atoms with E-state index in [-0.39, 0.29) is 17.5 Å². The van der Waals surface area contributed by atoms with Crippen LogP contribution in [0.2, 0.25) is 0 Å². The van der Waals surface area contributed by atoms with Crippen LogP contribution >= 0.6 is 11.8 Å². The lowest BCUT2D eigenvalue weighted by Crippen LogP contribution is -2.34. The largest absolute Gasteiger partial charge is 0.494 e. The minimum atomic E-state index is -3.52. The molecule has 7 heteroatoms. The number of hydrogen-bond acceptors (Lipinski definition) is 5. The Morgan fingerprint density at radius 3 is 2.70 bits per heavy atom. The molecule has 114 valence electrons. The van der Waals surface area contributed by atoms with Crippen molar-refractivity contribution in [2.45, 2.75) is 31.3 Å². The molecular formula is C13H22N2O3S2. The van der Waals surface area contributed by atoms with E-state index < -0.39 is 10.0 Å². The van der Waals surface area contributed by atoms with E-state index in [1.54, 1.807) is 23.9 Å². The minimum Gasteiger partial charge on any atom is -0.494 e. The number of benzene rings is 1. The summed E-state index contributed by atoms with van der Waals surface area (Å²) in [5, 5.41) is 0. The summed E-state index contributed by atoms with van der Waals surface area (Å²) in [6.07, 6.45) is 1.94. The summed E-state index contributed by atoms with van der Waals surface area (Å²) in [7, 11) is -3.52. The molecule has 1 aromatic rings. The van der Waals surface area contributed by atoms with Crippen molar-refractivity contribution in [3.8, 4) is 5.75 Å². The van der Waals surface area contributed by atoms with Crippen LogP contribution in [0, 0.1) is 0 Å². The fourth-order valence-corrected chi connectivity index (χ4v) is 3.78. The fourth-order valence-electron chi connectivity index (χ4n) is 1.80. The number of thioether (sulfide) groups is 1. The molecule has 0 radical (unpaired) electrons. The van der Waals surface area contributed by atoms with Crippen LogP contribution in [0.25, 0.3) is 0 Å². The second-order valence-corrected chi connectivity index (χ2v) is 7.01. The van der Waals surface area contributed by atoms with Crippen LogP contribution in [0.1, 0.15) is 19.4 Å². The van der Waals surface area contributed by atoms with Gasteiger partial charge in [-0.15, -0.1) is 0 Å². The molecule has 0 aliphatic rings. The first kappa shape index (κ1) is 17.3. The number of nitrogens with two attached hydrogens (primary N) is 1. The van der Waals surface area contributed by atoms with Crippen molar-refractivity contribution in [1.29, 1.82) is 0 Å². The van der Waals surface area contributed by atoms with Crippen LogP contribution in [0.15, 0.2) is 23.1 Å². The molecule has 0 aliphatic heterocycles. The van der Waals surface area contributed by atoms with Gasteiger partial charge in [0.05, 0.1) is 11.5 Å². The molecule has 5 nitrogen and oxygen atoms in total. The van der Waals surface area contributed by atoms with Gasteiger partial charge in [-0.2, -0.15) is 11.8 Å². The topological polar surface area (TPSA) is 81.4 Å². The van der Waals surface area contributed by atoms with E-state index in [1.807, 2.05) is 20.1 Å². The van der Waals surface area contributed by atoms with E-state index in [9.17, 15) is 8.42 Å². The molecular weight excluding hydrogens is 296 g/mol. The zero-order chi connectivity index (χ0) is 15.2. The summed E-state index contributed by atoms with van der Waals surface area (Å²) in [5.41, 5.74) is 6.33. The third-order valence-electron chi connectivity index (χ3n) is 2.64. The first-order chi connectivity index (χ1) is 9.44. The van der Waals surface area contributed by atoms with Crippen molar-refractivity contribution >= 4 is 21.8 Å². The number of ether oxygens (including phenoxy) is 1. The Hall–Kier alpha value is -0.760. The first-order valence-electron chi connectivity index (χ1n) is 6.41. The number of nitrogens with one attached hydrogen (secondary N) is 1. The SMILES string of the molecule is CCOc1ccc(S(=O)(=O)NC(C)CSC)cc1CN. The lowest BCUT2D eigenvalue weighted by Gasteiger charge is -2.15. The van der Waals surface area contributed by atoms with E-state index in [0.717, 1.165) is 5.75 Å². The van der Waals surface area contributed by atoms with E-state index in [4.69, 9.17) is 10.5 Å². The zero-order valence-corrected chi connectivity index (χ0v) is 13.7. The lowest BCUT2D eigenvalue weighted by molar-refractivity contribution is 0.336. The van der Waals surface area contributed by atoms with Crippen molar-refractivity contribution < 1.29 is 13.2 Å². The molecule has 0 bridgehead atoms. The second kappa shape index (κ2) is 7.87. The summed E-state index contributed by atoms with van der Waals surface area (Å²) in [5.74, 6) is 1.35. The van der Waals surface area contributed by atoms with E-state index in [0.29, 0.717) is 17.9 Å². The van der Waals surface area contributed by atoms with Crippen molar-refractivity contribution in [2.24, 2.45) is 5.73 Å². The Morgan fingerprint density at radius 1 is 1.45 bits per heavy atom. The first-order valence-corrected chi connectivity index (χ1v) is 9.29. The summed E-state index contributed by atoms with van der Waals surface area (Å²) >= 11 is 1.60. The van der Waals surface area contributed by atoms with Crippen molar-refractivity contribution in [3.05, 3.63) is 23.8 Å². The molecule has 0 amide bonds. The van der Waals surface area contributed by atoms with Gasteiger partial charge in [-0.1, -0.05) is 0 Å². The van der Waals surface area contributed by atoms with Crippen LogP contribution in [0.3, 0.4) is 0 Å². The molecule has 1 unspecified atom stereocenters. The van der Waals surface area contributed by atoms with Gasteiger partial charge < -0.3 is 10.5 Å². The second-order valence-electron chi connectivity index (χ2n) is 4.38. The Labute approximate surface area is 125 Å². The van der Waals surface area contributed by atoms with Crippen LogP contribution in [0.4, 0.5) is 0 Å². The van der Waals surface area contributed by atoms with Crippen LogP contribution in [-0.2, 0) is 16.6 Å². The molecule has 20 heavy (non-hydrogen) atoms. The molecule has 0 aliphatic carbocycles. The highest BCUT2D eigenvalue weighted by atomic mass is 32.2. The van der Waals surface area contributed by atoms with Gasteiger partial charge in [0, 0.05) is 23.9 Å². The molecule has 0 saturated heterocycles. The molecule has 0 spiro atoms. The van der Waals surface area contributed by atoms with Gasteiger partial charge in [-0.25, -0.2) is 13.1 Å². The molecule has 0 heterocycles. The smallest absolute Gasteiger partial charge is 0.240 e. The standard InChI is InChI=1S/C13H22N2O3S2/c1-4-18-13-6-5-12(7-11(13)8-14)20(16,17)15-10(2)9-19-3/h5-7,10,15H,4,8-9,14H2,1-3H3. The zero-order valence-electron chi connectivity index (χ0n) is 12.0. The summed E-state index contributed by atoms with van der Waals surface area (Å²) in [6.45, 7) is 4.46. The molecule has 1 rings (SSSR count). The van der Waals surface area contributed by atoms with Gasteiger partial charge in [-0.3, -0.25) is 0 Å². The number of rotatable bonds is 8. The minimum absolute atomic E-state index is 0.122. The van der Waals surface area contributed by atoms with Crippen molar-refractivity contribution in [1.82, 2.24) is 4.72 Å². The fraction of sp³-hybridized carbons (Fsp3) is 0.538. The Bertz CT molecular complexity index is 532. The van der Waals surface area contributed by atoms with E-state index >= 15 is 0 Å². The molecule has 0 aromatic heterocycles. The Morgan fingerprint density at radius 2 is 2.15 bits per heavy atom. The third-order valence-corrected chi connectivity index (χ3v) is 5.06. The molecule has 1 atom stereocenters. The highest BCUT2D eigenvalue weighted by molar-refractivity contribution is 7.98. The van der Waals surface area contributed by atoms with Crippen molar-refractivity contribution in [3.63, 3.8) is 0 Å². The average Bonchev–Trinajstić information content (AvgIpc) is 2.39. The van der Waals surface area contributed by atoms with Crippen LogP contribution in [0.5, 0.6) is 5.75 Å². The van der Waals surface area contributed by atoms with Crippen molar-refractivity contribution in [2.75, 3.05) is 18.6 Å². The van der Waals surface area contributed by atoms with E-state index in [1.165, 1.54) is 6.07 Å². The van der Waals surface area contributed by atoms with E-state index in [2.05, 4.69) is 4.72 Å².